The van der Waals surface area contributed by atoms with Crippen molar-refractivity contribution in [2.24, 2.45) is 5.73 Å². The molecule has 1 saturated heterocycles. The highest BCUT2D eigenvalue weighted by Gasteiger charge is 2.43. The number of amides is 1. The van der Waals surface area contributed by atoms with E-state index in [1.165, 1.54) is 18.4 Å². The first kappa shape index (κ1) is 18.0. The second-order valence-corrected chi connectivity index (χ2v) is 6.38. The summed E-state index contributed by atoms with van der Waals surface area (Å²) in [5.74, 6) is 0.785. The number of methoxy groups -OCH3 is 1. The van der Waals surface area contributed by atoms with Gasteiger partial charge in [-0.1, -0.05) is 12.1 Å². The first-order chi connectivity index (χ1) is 10.6. The number of nitrogens with one attached hydrogen (secondary N) is 1. The van der Waals surface area contributed by atoms with Gasteiger partial charge in [0.05, 0.1) is 19.2 Å². The van der Waals surface area contributed by atoms with E-state index in [9.17, 15) is 4.79 Å². The standard InChI is InChI=1S/C17H25N3O2.ClH/c1-11(18)17(21)19-15-8-9-20(13-6-7-13)16(15)12-4-3-5-14(10-12)22-2;/h3-5,10-11,13,15-16H,6-9,18H2,1-2H3,(H,19,21);1H. The molecule has 3 unspecified atom stereocenters. The van der Waals surface area contributed by atoms with Gasteiger partial charge >= 0.3 is 0 Å². The molecule has 0 radical (unpaired) electrons. The summed E-state index contributed by atoms with van der Waals surface area (Å²) in [6.45, 7) is 2.75. The SMILES string of the molecule is COc1cccc(C2C(NC(=O)C(C)N)CCN2C2CC2)c1.Cl. The van der Waals surface area contributed by atoms with E-state index in [1.54, 1.807) is 14.0 Å². The van der Waals surface area contributed by atoms with Gasteiger partial charge in [-0.2, -0.15) is 0 Å². The number of likely N-dealkylation sites (tertiary alicyclic amines) is 1. The fraction of sp³-hybridized carbons (Fsp3) is 0.588. The van der Waals surface area contributed by atoms with Crippen LogP contribution < -0.4 is 15.8 Å². The molecule has 1 saturated carbocycles. The van der Waals surface area contributed by atoms with Gasteiger partial charge in [0.15, 0.2) is 0 Å². The molecular formula is C17H26ClN3O2. The molecular weight excluding hydrogens is 314 g/mol. The van der Waals surface area contributed by atoms with Crippen LogP contribution in [0.15, 0.2) is 24.3 Å². The van der Waals surface area contributed by atoms with Gasteiger partial charge in [-0.25, -0.2) is 0 Å². The monoisotopic (exact) mass is 339 g/mol. The van der Waals surface area contributed by atoms with Crippen molar-refractivity contribution < 1.29 is 9.53 Å². The molecule has 2 aliphatic rings. The summed E-state index contributed by atoms with van der Waals surface area (Å²) < 4.78 is 5.35. The topological polar surface area (TPSA) is 67.6 Å². The first-order valence-corrected chi connectivity index (χ1v) is 8.06. The highest BCUT2D eigenvalue weighted by Crippen LogP contribution is 2.41. The number of hydrogen-bond acceptors (Lipinski definition) is 4. The highest BCUT2D eigenvalue weighted by molar-refractivity contribution is 5.85. The lowest BCUT2D eigenvalue weighted by Gasteiger charge is -2.29. The Balaban J connectivity index is 0.00000192. The molecule has 0 aromatic heterocycles. The minimum Gasteiger partial charge on any atom is -0.497 e. The highest BCUT2D eigenvalue weighted by atomic mass is 35.5. The van der Waals surface area contributed by atoms with Crippen molar-refractivity contribution >= 4 is 18.3 Å². The van der Waals surface area contributed by atoms with E-state index in [1.807, 2.05) is 12.1 Å². The average Bonchev–Trinajstić information content (AvgIpc) is 3.28. The molecule has 2 fully saturated rings. The van der Waals surface area contributed by atoms with Gasteiger partial charge < -0.3 is 15.8 Å². The lowest BCUT2D eigenvalue weighted by atomic mass is 9.99. The summed E-state index contributed by atoms with van der Waals surface area (Å²) in [6, 6.07) is 8.69. The van der Waals surface area contributed by atoms with Crippen molar-refractivity contribution in [1.29, 1.82) is 0 Å². The zero-order valence-corrected chi connectivity index (χ0v) is 14.5. The Hall–Kier alpha value is -1.30. The summed E-state index contributed by atoms with van der Waals surface area (Å²) in [5, 5.41) is 3.13. The lowest BCUT2D eigenvalue weighted by molar-refractivity contribution is -0.122. The van der Waals surface area contributed by atoms with Gasteiger partial charge in [0.2, 0.25) is 5.91 Å². The lowest BCUT2D eigenvalue weighted by Crippen LogP contribution is -2.46. The molecule has 1 amide bonds. The zero-order chi connectivity index (χ0) is 15.7. The van der Waals surface area contributed by atoms with Crippen LogP contribution in [0.2, 0.25) is 0 Å². The van der Waals surface area contributed by atoms with E-state index in [4.69, 9.17) is 10.5 Å². The molecule has 3 N–H and O–H groups in total. The summed E-state index contributed by atoms with van der Waals surface area (Å²) in [5.41, 5.74) is 6.91. The summed E-state index contributed by atoms with van der Waals surface area (Å²) in [4.78, 5) is 14.5. The van der Waals surface area contributed by atoms with E-state index in [0.717, 1.165) is 18.7 Å². The third kappa shape index (κ3) is 3.97. The number of hydrogen-bond donors (Lipinski definition) is 2. The van der Waals surface area contributed by atoms with E-state index in [0.29, 0.717) is 6.04 Å². The van der Waals surface area contributed by atoms with E-state index in [-0.39, 0.29) is 30.4 Å². The molecule has 5 nitrogen and oxygen atoms in total. The second kappa shape index (κ2) is 7.51. The van der Waals surface area contributed by atoms with Crippen LogP contribution in [0.5, 0.6) is 5.75 Å². The average molecular weight is 340 g/mol. The van der Waals surface area contributed by atoms with Crippen LogP contribution in [-0.4, -0.2) is 42.6 Å². The van der Waals surface area contributed by atoms with Crippen molar-refractivity contribution in [2.75, 3.05) is 13.7 Å². The van der Waals surface area contributed by atoms with Crippen molar-refractivity contribution in [2.45, 2.75) is 50.4 Å². The Kier molecular flexibility index (Phi) is 5.89. The Bertz CT molecular complexity index is 548. The predicted octanol–water partition coefficient (Wildman–Crippen LogP) is 1.86. The number of halogens is 1. The molecule has 3 atom stereocenters. The third-order valence-corrected chi connectivity index (χ3v) is 4.63. The van der Waals surface area contributed by atoms with E-state index < -0.39 is 6.04 Å². The quantitative estimate of drug-likeness (QED) is 0.859. The van der Waals surface area contributed by atoms with Gasteiger partial charge in [0, 0.05) is 18.6 Å². The number of nitrogens with zero attached hydrogens (tertiary/aromatic N) is 1. The molecule has 128 valence electrons. The van der Waals surface area contributed by atoms with Crippen LogP contribution in [0.25, 0.3) is 0 Å². The molecule has 23 heavy (non-hydrogen) atoms. The Morgan fingerprint density at radius 2 is 2.13 bits per heavy atom. The van der Waals surface area contributed by atoms with Gasteiger partial charge in [-0.15, -0.1) is 12.4 Å². The maximum Gasteiger partial charge on any atom is 0.236 e. The minimum atomic E-state index is -0.471. The predicted molar refractivity (Wildman–Crippen MR) is 92.9 cm³/mol. The molecule has 1 aromatic rings. The molecule has 6 heteroatoms. The molecule has 3 rings (SSSR count). The van der Waals surface area contributed by atoms with Crippen molar-refractivity contribution in [3.05, 3.63) is 29.8 Å². The fourth-order valence-electron chi connectivity index (χ4n) is 3.35. The fourth-order valence-corrected chi connectivity index (χ4v) is 3.35. The number of carbonyl (C=O) groups is 1. The Morgan fingerprint density at radius 1 is 1.39 bits per heavy atom. The number of ether oxygens (including phenoxy) is 1. The van der Waals surface area contributed by atoms with Crippen LogP contribution >= 0.6 is 12.4 Å². The minimum absolute atomic E-state index is 0. The van der Waals surface area contributed by atoms with Crippen LogP contribution in [0.1, 0.15) is 37.8 Å². The van der Waals surface area contributed by atoms with Crippen molar-refractivity contribution in [3.8, 4) is 5.75 Å². The summed E-state index contributed by atoms with van der Waals surface area (Å²) >= 11 is 0. The number of rotatable bonds is 5. The van der Waals surface area contributed by atoms with Gasteiger partial charge in [0.25, 0.3) is 0 Å². The summed E-state index contributed by atoms with van der Waals surface area (Å²) in [7, 11) is 1.68. The van der Waals surface area contributed by atoms with Gasteiger partial charge in [-0.3, -0.25) is 9.69 Å². The van der Waals surface area contributed by atoms with Gasteiger partial charge in [0.1, 0.15) is 5.75 Å². The first-order valence-electron chi connectivity index (χ1n) is 8.06. The number of benzene rings is 1. The Morgan fingerprint density at radius 3 is 2.74 bits per heavy atom. The normalized spacial score (nSPS) is 25.5. The third-order valence-electron chi connectivity index (χ3n) is 4.63. The molecule has 1 aliphatic heterocycles. The maximum absolute atomic E-state index is 12.0. The largest absolute Gasteiger partial charge is 0.497 e. The van der Waals surface area contributed by atoms with Crippen LogP contribution in [-0.2, 0) is 4.79 Å². The number of carbonyl (C=O) groups excluding carboxylic acids is 1. The van der Waals surface area contributed by atoms with E-state index in [2.05, 4.69) is 22.3 Å². The smallest absolute Gasteiger partial charge is 0.236 e. The molecule has 1 heterocycles. The maximum atomic E-state index is 12.0. The van der Waals surface area contributed by atoms with Crippen LogP contribution in [0.3, 0.4) is 0 Å². The molecule has 1 aromatic carbocycles. The Labute approximate surface area is 144 Å². The van der Waals surface area contributed by atoms with Crippen molar-refractivity contribution in [3.63, 3.8) is 0 Å². The number of nitrogens with two attached hydrogens (primary N) is 1. The second-order valence-electron chi connectivity index (χ2n) is 6.38. The van der Waals surface area contributed by atoms with Gasteiger partial charge in [-0.05, 0) is 43.9 Å². The summed E-state index contributed by atoms with van der Waals surface area (Å²) in [6.07, 6.45) is 3.49. The molecule has 0 spiro atoms. The van der Waals surface area contributed by atoms with Crippen LogP contribution in [0, 0.1) is 0 Å². The van der Waals surface area contributed by atoms with Crippen LogP contribution in [0.4, 0.5) is 0 Å². The molecule has 0 bridgehead atoms. The van der Waals surface area contributed by atoms with E-state index >= 15 is 0 Å². The van der Waals surface area contributed by atoms with Crippen molar-refractivity contribution in [1.82, 2.24) is 10.2 Å². The molecule has 1 aliphatic carbocycles. The zero-order valence-electron chi connectivity index (χ0n) is 13.7.